The van der Waals surface area contributed by atoms with Gasteiger partial charge in [-0.1, -0.05) is 17.8 Å². The fourth-order valence-corrected chi connectivity index (χ4v) is 7.72. The van der Waals surface area contributed by atoms with Gasteiger partial charge in [-0.25, -0.2) is 22.0 Å². The largest absolute Gasteiger partial charge is 0.380 e. The number of primary sulfonamides is 1. The molecule has 4 rings (SSSR count). The van der Waals surface area contributed by atoms with Gasteiger partial charge in [-0.2, -0.15) is 9.30 Å². The van der Waals surface area contributed by atoms with Crippen molar-refractivity contribution in [1.82, 2.24) is 8.87 Å². The zero-order valence-electron chi connectivity index (χ0n) is 20.7. The number of carbonyl (C=O) groups is 1. The van der Waals surface area contributed by atoms with Gasteiger partial charge in [-0.3, -0.25) is 4.79 Å². The van der Waals surface area contributed by atoms with Crippen LogP contribution in [-0.2, 0) is 31.3 Å². The minimum Gasteiger partial charge on any atom is -0.380 e. The van der Waals surface area contributed by atoms with E-state index < -0.39 is 26.0 Å². The third-order valence-electron chi connectivity index (χ3n) is 6.29. The summed E-state index contributed by atoms with van der Waals surface area (Å²) in [5.41, 5.74) is 0.936. The van der Waals surface area contributed by atoms with E-state index in [0.717, 1.165) is 30.6 Å². The van der Waals surface area contributed by atoms with Gasteiger partial charge in [0.15, 0.2) is 4.80 Å². The molecule has 0 bridgehead atoms. The summed E-state index contributed by atoms with van der Waals surface area (Å²) in [4.78, 5) is 17.8. The number of fused-ring (bicyclic) bond motifs is 1. The van der Waals surface area contributed by atoms with Crippen molar-refractivity contribution in [3.63, 3.8) is 0 Å². The van der Waals surface area contributed by atoms with E-state index >= 15 is 0 Å². The van der Waals surface area contributed by atoms with Crippen molar-refractivity contribution in [2.24, 2.45) is 10.1 Å². The number of nitrogens with zero attached hydrogens (tertiary/aromatic N) is 3. The normalized spacial score (nSPS) is 17.9. The Morgan fingerprint density at radius 1 is 1.11 bits per heavy atom. The molecule has 10 nitrogen and oxygen atoms in total. The zero-order valence-corrected chi connectivity index (χ0v) is 23.1. The molecule has 0 saturated carbocycles. The van der Waals surface area contributed by atoms with E-state index in [-0.39, 0.29) is 21.4 Å². The summed E-state index contributed by atoms with van der Waals surface area (Å²) in [6, 6.07) is 10.2. The molecule has 0 aliphatic carbocycles. The van der Waals surface area contributed by atoms with Crippen LogP contribution in [0.25, 0.3) is 10.2 Å². The molecule has 1 aliphatic heterocycles. The Kier molecular flexibility index (Phi) is 8.31. The maximum absolute atomic E-state index is 13.1. The molecule has 1 atom stereocenters. The van der Waals surface area contributed by atoms with Crippen molar-refractivity contribution in [3.8, 4) is 0 Å². The van der Waals surface area contributed by atoms with Gasteiger partial charge >= 0.3 is 0 Å². The lowest BCUT2D eigenvalue weighted by Gasteiger charge is -2.32. The summed E-state index contributed by atoms with van der Waals surface area (Å²) in [5, 5.41) is 5.27. The number of thiazole rings is 1. The van der Waals surface area contributed by atoms with E-state index in [1.54, 1.807) is 10.6 Å². The summed E-state index contributed by atoms with van der Waals surface area (Å²) in [6.45, 7) is 5.57. The van der Waals surface area contributed by atoms with Gasteiger partial charge in [0.25, 0.3) is 5.91 Å². The summed E-state index contributed by atoms with van der Waals surface area (Å²) in [5.74, 6) is -0.543. The highest BCUT2D eigenvalue weighted by Gasteiger charge is 2.31. The minimum atomic E-state index is -3.89. The van der Waals surface area contributed by atoms with Gasteiger partial charge < -0.3 is 9.30 Å². The van der Waals surface area contributed by atoms with Gasteiger partial charge in [0.2, 0.25) is 20.0 Å². The van der Waals surface area contributed by atoms with Gasteiger partial charge in [-0.15, -0.1) is 0 Å². The Bertz CT molecular complexity index is 1570. The average Bonchev–Trinajstić information content (AvgIpc) is 3.20. The van der Waals surface area contributed by atoms with Crippen LogP contribution in [-0.4, -0.2) is 57.4 Å². The van der Waals surface area contributed by atoms with Gasteiger partial charge in [-0.05, 0) is 69.2 Å². The first kappa shape index (κ1) is 27.6. The highest BCUT2D eigenvalue weighted by Crippen LogP contribution is 2.26. The fraction of sp³-hybridized carbons (Fsp3) is 0.417. The van der Waals surface area contributed by atoms with Crippen LogP contribution in [0, 0.1) is 0 Å². The van der Waals surface area contributed by atoms with Gasteiger partial charge in [0.1, 0.15) is 0 Å². The third-order valence-corrected chi connectivity index (χ3v) is 10.3. The standard InChI is InChI=1S/C24H30N4O6S3/c1-3-34-15-14-27-21-12-11-20(36(25,30)31)16-22(21)35-24(27)26-23(29)18-7-9-19(10-8-18)37(32,33)28-13-5-4-6-17(28)2/h7-12,16-17H,3-6,13-15H2,1-2H3,(H2,25,30,31). The first-order valence-corrected chi connectivity index (χ1v) is 15.8. The molecular weight excluding hydrogens is 536 g/mol. The molecule has 0 spiro atoms. The monoisotopic (exact) mass is 566 g/mol. The van der Waals surface area contributed by atoms with E-state index in [4.69, 9.17) is 9.88 Å². The SMILES string of the molecule is CCOCCn1c(=NC(=O)c2ccc(S(=O)(=O)N3CCCCC3C)cc2)sc2cc(S(N)(=O)=O)ccc21. The zero-order chi connectivity index (χ0) is 26.8. The number of piperidine rings is 1. The molecule has 200 valence electrons. The molecule has 0 radical (unpaired) electrons. The molecule has 2 heterocycles. The number of nitrogens with two attached hydrogens (primary N) is 1. The van der Waals surface area contributed by atoms with Crippen molar-refractivity contribution in [1.29, 1.82) is 0 Å². The number of hydrogen-bond acceptors (Lipinski definition) is 7. The van der Waals surface area contributed by atoms with Crippen LogP contribution >= 0.6 is 11.3 Å². The maximum atomic E-state index is 13.1. The Balaban J connectivity index is 1.68. The lowest BCUT2D eigenvalue weighted by atomic mass is 10.1. The lowest BCUT2D eigenvalue weighted by molar-refractivity contribution is 0.0996. The number of sulfonamides is 2. The van der Waals surface area contributed by atoms with E-state index in [0.29, 0.717) is 41.3 Å². The molecule has 1 saturated heterocycles. The van der Waals surface area contributed by atoms with Crippen molar-refractivity contribution in [2.45, 2.75) is 55.5 Å². The Labute approximate surface area is 220 Å². The number of hydrogen-bond donors (Lipinski definition) is 1. The van der Waals surface area contributed by atoms with Crippen LogP contribution < -0.4 is 9.94 Å². The van der Waals surface area contributed by atoms with Crippen LogP contribution in [0.4, 0.5) is 0 Å². The van der Waals surface area contributed by atoms with Crippen molar-refractivity contribution < 1.29 is 26.4 Å². The summed E-state index contributed by atoms with van der Waals surface area (Å²) >= 11 is 1.16. The minimum absolute atomic E-state index is 0.0316. The second-order valence-electron chi connectivity index (χ2n) is 8.81. The topological polar surface area (TPSA) is 141 Å². The molecule has 1 amide bonds. The lowest BCUT2D eigenvalue weighted by Crippen LogP contribution is -2.41. The predicted octanol–water partition coefficient (Wildman–Crippen LogP) is 2.69. The third kappa shape index (κ3) is 6.02. The molecular formula is C24H30N4O6S3. The number of benzene rings is 2. The Morgan fingerprint density at radius 2 is 1.81 bits per heavy atom. The number of aromatic nitrogens is 1. The molecule has 13 heteroatoms. The predicted molar refractivity (Wildman–Crippen MR) is 141 cm³/mol. The molecule has 1 aliphatic rings. The first-order chi connectivity index (χ1) is 17.5. The van der Waals surface area contributed by atoms with Gasteiger partial charge in [0, 0.05) is 31.3 Å². The highest BCUT2D eigenvalue weighted by molar-refractivity contribution is 7.89. The summed E-state index contributed by atoms with van der Waals surface area (Å²) in [7, 11) is -7.54. The van der Waals surface area contributed by atoms with Crippen LogP contribution in [0.3, 0.4) is 0 Å². The molecule has 2 aromatic carbocycles. The molecule has 37 heavy (non-hydrogen) atoms. The number of ether oxygens (including phenoxy) is 1. The smallest absolute Gasteiger partial charge is 0.279 e. The van der Waals surface area contributed by atoms with E-state index in [1.807, 2.05) is 13.8 Å². The second-order valence-corrected chi connectivity index (χ2v) is 13.3. The van der Waals surface area contributed by atoms with Crippen LogP contribution in [0.15, 0.2) is 57.2 Å². The van der Waals surface area contributed by atoms with E-state index in [9.17, 15) is 21.6 Å². The molecule has 2 N–H and O–H groups in total. The highest BCUT2D eigenvalue weighted by atomic mass is 32.2. The van der Waals surface area contributed by atoms with Crippen LogP contribution in [0.5, 0.6) is 0 Å². The number of amides is 1. The van der Waals surface area contributed by atoms with Crippen LogP contribution in [0.1, 0.15) is 43.5 Å². The summed E-state index contributed by atoms with van der Waals surface area (Å²) < 4.78 is 59.1. The fourth-order valence-electron chi connectivity index (χ4n) is 4.32. The Hall–Kier alpha value is -2.42. The van der Waals surface area contributed by atoms with E-state index in [1.165, 1.54) is 40.7 Å². The molecule has 3 aromatic rings. The van der Waals surface area contributed by atoms with Crippen LogP contribution in [0.2, 0.25) is 0 Å². The van der Waals surface area contributed by atoms with Crippen molar-refractivity contribution in [2.75, 3.05) is 19.8 Å². The molecule has 1 unspecified atom stereocenters. The quantitative estimate of drug-likeness (QED) is 0.416. The van der Waals surface area contributed by atoms with E-state index in [2.05, 4.69) is 4.99 Å². The Morgan fingerprint density at radius 3 is 2.46 bits per heavy atom. The number of rotatable bonds is 8. The molecule has 1 fully saturated rings. The second kappa shape index (κ2) is 11.1. The number of carbonyl (C=O) groups excluding carboxylic acids is 1. The first-order valence-electron chi connectivity index (χ1n) is 12.0. The maximum Gasteiger partial charge on any atom is 0.279 e. The molecule has 1 aromatic heterocycles. The average molecular weight is 567 g/mol. The van der Waals surface area contributed by atoms with Gasteiger partial charge in [0.05, 0.1) is 26.6 Å². The summed E-state index contributed by atoms with van der Waals surface area (Å²) in [6.07, 6.45) is 2.66. The van der Waals surface area contributed by atoms with Crippen molar-refractivity contribution in [3.05, 3.63) is 52.8 Å². The van der Waals surface area contributed by atoms with Crippen molar-refractivity contribution >= 4 is 47.5 Å².